The van der Waals surface area contributed by atoms with Crippen LogP contribution in [0.1, 0.15) is 39.9 Å². The maximum Gasteiger partial charge on any atom is 0.251 e. The van der Waals surface area contributed by atoms with Gasteiger partial charge in [0.15, 0.2) is 11.5 Å². The van der Waals surface area contributed by atoms with Gasteiger partial charge in [-0.1, -0.05) is 48.5 Å². The molecule has 0 spiro atoms. The summed E-state index contributed by atoms with van der Waals surface area (Å²) in [7, 11) is 2.10. The molecule has 0 aliphatic carbocycles. The van der Waals surface area contributed by atoms with Gasteiger partial charge in [0.1, 0.15) is 0 Å². The van der Waals surface area contributed by atoms with E-state index in [1.165, 1.54) is 5.56 Å². The molecule has 0 aromatic heterocycles. The number of nitrogens with one attached hydrogen (secondary N) is 1. The zero-order valence-corrected chi connectivity index (χ0v) is 20.2. The first-order chi connectivity index (χ1) is 17.1. The van der Waals surface area contributed by atoms with E-state index in [-0.39, 0.29) is 18.1 Å². The fourth-order valence-corrected chi connectivity index (χ4v) is 4.98. The van der Waals surface area contributed by atoms with Crippen LogP contribution in [0, 0.1) is 0 Å². The van der Waals surface area contributed by atoms with Crippen molar-refractivity contribution in [2.45, 2.75) is 31.3 Å². The molecule has 5 rings (SSSR count). The summed E-state index contributed by atoms with van der Waals surface area (Å²) in [6.45, 7) is 3.78. The van der Waals surface area contributed by atoms with Crippen molar-refractivity contribution in [3.63, 3.8) is 0 Å². The van der Waals surface area contributed by atoms with Crippen molar-refractivity contribution in [3.05, 3.63) is 95.1 Å². The quantitative estimate of drug-likeness (QED) is 0.522. The van der Waals surface area contributed by atoms with Gasteiger partial charge < -0.3 is 19.5 Å². The van der Waals surface area contributed by atoms with E-state index < -0.39 is 0 Å². The molecule has 35 heavy (non-hydrogen) atoms. The molecule has 0 unspecified atom stereocenters. The van der Waals surface area contributed by atoms with Crippen LogP contribution >= 0.6 is 0 Å². The first-order valence-corrected chi connectivity index (χ1v) is 12.2. The van der Waals surface area contributed by atoms with Crippen molar-refractivity contribution in [3.8, 4) is 11.5 Å². The minimum atomic E-state index is -0.192. The van der Waals surface area contributed by atoms with Crippen LogP contribution in [-0.2, 0) is 23.2 Å². The van der Waals surface area contributed by atoms with Crippen LogP contribution in [0.2, 0.25) is 0 Å². The van der Waals surface area contributed by atoms with E-state index in [1.807, 2.05) is 30.3 Å². The number of carbonyl (C=O) groups is 1. The molecule has 1 N–H and O–H groups in total. The van der Waals surface area contributed by atoms with Crippen molar-refractivity contribution < 1.29 is 19.0 Å². The van der Waals surface area contributed by atoms with E-state index in [9.17, 15) is 4.79 Å². The molecule has 0 saturated carbocycles. The number of rotatable bonds is 8. The number of carbonyl (C=O) groups excluding carboxylic acids is 1. The van der Waals surface area contributed by atoms with E-state index in [4.69, 9.17) is 14.2 Å². The lowest BCUT2D eigenvalue weighted by molar-refractivity contribution is 0.0486. The van der Waals surface area contributed by atoms with E-state index in [2.05, 4.69) is 59.7 Å². The van der Waals surface area contributed by atoms with Gasteiger partial charge in [-0.05, 0) is 60.8 Å². The molecule has 2 heterocycles. The maximum atomic E-state index is 13.2. The average molecular weight is 473 g/mol. The second-order valence-corrected chi connectivity index (χ2v) is 9.50. The number of nitrogens with zero attached hydrogens (tertiary/aromatic N) is 1. The van der Waals surface area contributed by atoms with E-state index >= 15 is 0 Å². The highest BCUT2D eigenvalue weighted by Crippen LogP contribution is 2.40. The molecule has 3 aromatic carbocycles. The van der Waals surface area contributed by atoms with Crippen LogP contribution in [-0.4, -0.2) is 44.4 Å². The van der Waals surface area contributed by atoms with E-state index in [0.29, 0.717) is 25.3 Å². The van der Waals surface area contributed by atoms with Crippen molar-refractivity contribution in [1.82, 2.24) is 10.2 Å². The van der Waals surface area contributed by atoms with Gasteiger partial charge in [-0.15, -0.1) is 0 Å². The summed E-state index contributed by atoms with van der Waals surface area (Å²) in [5.74, 6) is 1.49. The Morgan fingerprint density at radius 2 is 1.63 bits per heavy atom. The van der Waals surface area contributed by atoms with Crippen LogP contribution < -0.4 is 14.8 Å². The molecule has 1 fully saturated rings. The number of benzene rings is 3. The lowest BCUT2D eigenvalue weighted by Gasteiger charge is -2.38. The number of hydrogen-bond donors (Lipinski definition) is 1. The van der Waals surface area contributed by atoms with Gasteiger partial charge in [-0.25, -0.2) is 0 Å². The predicted octanol–water partition coefficient (Wildman–Crippen LogP) is 4.53. The van der Waals surface area contributed by atoms with Crippen LogP contribution in [0.5, 0.6) is 11.5 Å². The summed E-state index contributed by atoms with van der Waals surface area (Å²) < 4.78 is 16.7. The third-order valence-electron chi connectivity index (χ3n) is 6.96. The minimum absolute atomic E-state index is 0.0517. The summed E-state index contributed by atoms with van der Waals surface area (Å²) in [5, 5.41) is 3.22. The van der Waals surface area contributed by atoms with Crippen LogP contribution in [0.3, 0.4) is 0 Å². The minimum Gasteiger partial charge on any atom is -0.454 e. The topological polar surface area (TPSA) is 60.0 Å². The number of hydrogen-bond acceptors (Lipinski definition) is 5. The normalized spacial score (nSPS) is 16.3. The van der Waals surface area contributed by atoms with E-state index in [0.717, 1.165) is 48.6 Å². The summed E-state index contributed by atoms with van der Waals surface area (Å²) in [6, 6.07) is 24.4. The predicted molar refractivity (Wildman–Crippen MR) is 135 cm³/mol. The van der Waals surface area contributed by atoms with Crippen molar-refractivity contribution >= 4 is 5.91 Å². The Kier molecular flexibility index (Phi) is 7.02. The average Bonchev–Trinajstić information content (AvgIpc) is 3.37. The summed E-state index contributed by atoms with van der Waals surface area (Å²) in [4.78, 5) is 15.4. The van der Waals surface area contributed by atoms with Gasteiger partial charge in [0.25, 0.3) is 5.91 Å². The molecule has 0 atom stereocenters. The molecular weight excluding hydrogens is 440 g/mol. The highest BCUT2D eigenvalue weighted by Gasteiger charge is 2.36. The van der Waals surface area contributed by atoms with Crippen LogP contribution in [0.4, 0.5) is 0 Å². The summed E-state index contributed by atoms with van der Waals surface area (Å²) in [5.41, 5.74) is 4.04. The molecule has 0 bridgehead atoms. The molecule has 0 radical (unpaired) electrons. The van der Waals surface area contributed by atoms with Gasteiger partial charge in [-0.3, -0.25) is 9.69 Å². The van der Waals surface area contributed by atoms with Crippen molar-refractivity contribution in [2.24, 2.45) is 0 Å². The number of ether oxygens (including phenoxy) is 3. The lowest BCUT2D eigenvalue weighted by Crippen LogP contribution is -2.44. The Labute approximate surface area is 206 Å². The van der Waals surface area contributed by atoms with Gasteiger partial charge >= 0.3 is 0 Å². The Morgan fingerprint density at radius 3 is 2.46 bits per heavy atom. The number of amides is 1. The third kappa shape index (κ3) is 5.50. The first kappa shape index (κ1) is 23.4. The smallest absolute Gasteiger partial charge is 0.251 e. The zero-order valence-electron chi connectivity index (χ0n) is 20.2. The molecule has 1 amide bonds. The molecule has 182 valence electrons. The Hall–Kier alpha value is -3.35. The monoisotopic (exact) mass is 472 g/mol. The fraction of sp³-hybridized carbons (Fsp3) is 0.345. The first-order valence-electron chi connectivity index (χ1n) is 12.2. The van der Waals surface area contributed by atoms with Crippen molar-refractivity contribution in [1.29, 1.82) is 0 Å². The fourth-order valence-electron chi connectivity index (χ4n) is 4.98. The molecular formula is C29H32N2O4. The Balaban J connectivity index is 1.25. The molecule has 6 nitrogen and oxygen atoms in total. The lowest BCUT2D eigenvalue weighted by atomic mass is 9.74. The second-order valence-electron chi connectivity index (χ2n) is 9.50. The second kappa shape index (κ2) is 10.5. The van der Waals surface area contributed by atoms with Gasteiger partial charge in [0.05, 0.1) is 0 Å². The number of fused-ring (bicyclic) bond motifs is 1. The zero-order chi connectivity index (χ0) is 24.1. The maximum absolute atomic E-state index is 13.2. The van der Waals surface area contributed by atoms with E-state index in [1.54, 1.807) is 0 Å². The summed E-state index contributed by atoms with van der Waals surface area (Å²) >= 11 is 0. The van der Waals surface area contributed by atoms with Gasteiger partial charge in [-0.2, -0.15) is 0 Å². The molecule has 2 aliphatic heterocycles. The van der Waals surface area contributed by atoms with Gasteiger partial charge in [0.2, 0.25) is 6.79 Å². The molecule has 3 aromatic rings. The van der Waals surface area contributed by atoms with Crippen molar-refractivity contribution in [2.75, 3.05) is 33.6 Å². The molecule has 1 saturated heterocycles. The highest BCUT2D eigenvalue weighted by molar-refractivity contribution is 5.94. The Bertz CT molecular complexity index is 1160. The third-order valence-corrected chi connectivity index (χ3v) is 6.96. The molecule has 2 aliphatic rings. The highest BCUT2D eigenvalue weighted by atomic mass is 16.7. The van der Waals surface area contributed by atoms with Crippen LogP contribution in [0.15, 0.2) is 72.8 Å². The Morgan fingerprint density at radius 1 is 0.886 bits per heavy atom. The van der Waals surface area contributed by atoms with Gasteiger partial charge in [0, 0.05) is 43.8 Å². The SMILES string of the molecule is CN(Cc1ccccc1)Cc1cccc(C(=O)NCC2(c3ccc4c(c3)OCO4)CCOCC2)c1. The van der Waals surface area contributed by atoms with Crippen LogP contribution in [0.25, 0.3) is 0 Å². The standard InChI is InChI=1S/C29H32N2O4/c1-31(18-22-6-3-2-4-7-22)19-23-8-5-9-24(16-23)28(32)30-20-29(12-14-33-15-13-29)25-10-11-26-27(17-25)35-21-34-26/h2-11,16-17H,12-15,18-21H2,1H3,(H,30,32). The largest absolute Gasteiger partial charge is 0.454 e. The molecule has 6 heteroatoms. The summed E-state index contributed by atoms with van der Waals surface area (Å²) in [6.07, 6.45) is 1.69.